The Labute approximate surface area is 269 Å². The molecule has 46 heavy (non-hydrogen) atoms. The number of Topliss-reactive ketones (excluding diaryl/α,β-unsaturated/α-hetero) is 1. The van der Waals surface area contributed by atoms with E-state index in [4.69, 9.17) is 14.2 Å². The van der Waals surface area contributed by atoms with Crippen molar-refractivity contribution in [2.45, 2.75) is 13.8 Å². The molecule has 230 valence electrons. The van der Waals surface area contributed by atoms with Crippen LogP contribution in [0, 0.1) is 6.92 Å². The van der Waals surface area contributed by atoms with Gasteiger partial charge < -0.3 is 19.1 Å². The molecule has 0 aliphatic rings. The van der Waals surface area contributed by atoms with Crippen LogP contribution in [0.2, 0.25) is 0 Å². The molecule has 0 atom stereocenters. The molecule has 0 aromatic heterocycles. The van der Waals surface area contributed by atoms with E-state index in [2.05, 4.69) is 103 Å². The fourth-order valence-corrected chi connectivity index (χ4v) is 4.71. The number of anilines is 3. The van der Waals surface area contributed by atoms with Crippen LogP contribution in [0.4, 0.5) is 21.9 Å². The Morgan fingerprint density at radius 3 is 1.57 bits per heavy atom. The second kappa shape index (κ2) is 15.2. The Morgan fingerprint density at radius 1 is 0.609 bits per heavy atom. The van der Waals surface area contributed by atoms with E-state index in [0.717, 1.165) is 45.1 Å². The Hall–Kier alpha value is -5.88. The number of hydrogen-bond acceptors (Lipinski definition) is 6. The van der Waals surface area contributed by atoms with Gasteiger partial charge >= 0.3 is 6.16 Å². The summed E-state index contributed by atoms with van der Waals surface area (Å²) >= 11 is 0. The molecule has 0 N–H and O–H groups in total. The number of methoxy groups -OCH3 is 1. The van der Waals surface area contributed by atoms with E-state index >= 15 is 0 Å². The van der Waals surface area contributed by atoms with Gasteiger partial charge in [0.2, 0.25) is 0 Å². The predicted octanol–water partition coefficient (Wildman–Crippen LogP) is 9.92. The molecule has 5 rings (SSSR count). The lowest BCUT2D eigenvalue weighted by atomic mass is 10.1. The third kappa shape index (κ3) is 8.83. The number of carbonyl (C=O) groups excluding carboxylic acids is 2. The highest BCUT2D eigenvalue weighted by atomic mass is 16.7. The molecule has 5 aromatic rings. The number of rotatable bonds is 11. The summed E-state index contributed by atoms with van der Waals surface area (Å²) in [5.74, 6) is 0.911. The van der Waals surface area contributed by atoms with Gasteiger partial charge in [0.25, 0.3) is 0 Å². The van der Waals surface area contributed by atoms with Crippen LogP contribution < -0.4 is 14.4 Å². The zero-order chi connectivity index (χ0) is 32.3. The van der Waals surface area contributed by atoms with Crippen molar-refractivity contribution in [3.63, 3.8) is 0 Å². The van der Waals surface area contributed by atoms with Gasteiger partial charge in [0.15, 0.2) is 12.4 Å². The number of carbonyl (C=O) groups is 2. The summed E-state index contributed by atoms with van der Waals surface area (Å²) in [4.78, 5) is 25.1. The Kier molecular flexibility index (Phi) is 10.4. The minimum absolute atomic E-state index is 0.256. The first kappa shape index (κ1) is 31.5. The minimum Gasteiger partial charge on any atom is -0.497 e. The number of hydrogen-bond donors (Lipinski definition) is 0. The summed E-state index contributed by atoms with van der Waals surface area (Å²) < 4.78 is 15.3. The molecule has 5 aromatic carbocycles. The van der Waals surface area contributed by atoms with E-state index in [9.17, 15) is 9.59 Å². The summed E-state index contributed by atoms with van der Waals surface area (Å²) in [6.45, 7) is 3.11. The molecule has 0 saturated carbocycles. The molecule has 0 spiro atoms. The van der Waals surface area contributed by atoms with E-state index in [-0.39, 0.29) is 12.4 Å². The average molecular weight is 610 g/mol. The number of ether oxygens (including phenoxy) is 3. The summed E-state index contributed by atoms with van der Waals surface area (Å²) in [5, 5.41) is 0. The largest absolute Gasteiger partial charge is 0.514 e. The Balaban J connectivity index is 1.33. The van der Waals surface area contributed by atoms with E-state index in [0.29, 0.717) is 5.75 Å². The molecular weight excluding hydrogens is 574 g/mol. The SMILES string of the molecule is COc1cccc(C=Cc2ccc(N(c3ccc(C)cc3)c3ccc(C=Cc4cccc(OC(=O)OCC(C)=O)c4)cc3)cc2)c1. The fraction of sp³-hybridized carbons (Fsp3) is 0.100. The van der Waals surface area contributed by atoms with Gasteiger partial charge in [-0.25, -0.2) is 4.79 Å². The van der Waals surface area contributed by atoms with Crippen LogP contribution in [0.25, 0.3) is 24.3 Å². The molecule has 6 nitrogen and oxygen atoms in total. The Morgan fingerprint density at radius 2 is 1.07 bits per heavy atom. The number of ketones is 1. The van der Waals surface area contributed by atoms with Gasteiger partial charge in [-0.15, -0.1) is 0 Å². The molecule has 0 saturated heterocycles. The van der Waals surface area contributed by atoms with Crippen LogP contribution in [0.1, 0.15) is 34.7 Å². The zero-order valence-corrected chi connectivity index (χ0v) is 26.1. The summed E-state index contributed by atoms with van der Waals surface area (Å²) in [7, 11) is 1.67. The Bertz CT molecular complexity index is 1840. The average Bonchev–Trinajstić information content (AvgIpc) is 3.08. The van der Waals surface area contributed by atoms with Gasteiger partial charge in [0.05, 0.1) is 7.11 Å². The molecule has 0 bridgehead atoms. The summed E-state index contributed by atoms with van der Waals surface area (Å²) in [6.07, 6.45) is 7.20. The van der Waals surface area contributed by atoms with Crippen LogP contribution in [0.5, 0.6) is 11.5 Å². The molecule has 0 aliphatic carbocycles. The van der Waals surface area contributed by atoms with E-state index in [1.807, 2.05) is 36.4 Å². The molecule has 0 heterocycles. The standard InChI is InChI=1S/C40H35NO5/c1-29-10-20-35(21-11-29)41(36-22-16-31(17-23-36)12-14-33-6-4-8-38(26-33)44-3)37-24-18-32(19-25-37)13-15-34-7-5-9-39(27-34)46-40(43)45-28-30(2)42/h4-27H,28H2,1-3H3. The van der Waals surface area contributed by atoms with Crippen molar-refractivity contribution in [2.75, 3.05) is 18.6 Å². The third-order valence-electron chi connectivity index (χ3n) is 7.08. The lowest BCUT2D eigenvalue weighted by molar-refractivity contribution is -0.120. The van der Waals surface area contributed by atoms with Gasteiger partial charge in [-0.2, -0.15) is 0 Å². The maximum Gasteiger partial charge on any atom is 0.514 e. The van der Waals surface area contributed by atoms with E-state index in [1.165, 1.54) is 12.5 Å². The van der Waals surface area contributed by atoms with Gasteiger partial charge in [0.1, 0.15) is 11.5 Å². The van der Waals surface area contributed by atoms with Crippen molar-refractivity contribution in [2.24, 2.45) is 0 Å². The van der Waals surface area contributed by atoms with Crippen molar-refractivity contribution in [3.05, 3.63) is 149 Å². The van der Waals surface area contributed by atoms with Crippen molar-refractivity contribution < 1.29 is 23.8 Å². The minimum atomic E-state index is -0.913. The monoisotopic (exact) mass is 609 g/mol. The first-order chi connectivity index (χ1) is 22.4. The lowest BCUT2D eigenvalue weighted by Gasteiger charge is -2.26. The molecule has 0 fully saturated rings. The molecular formula is C40H35NO5. The third-order valence-corrected chi connectivity index (χ3v) is 7.08. The van der Waals surface area contributed by atoms with Crippen molar-refractivity contribution in [1.82, 2.24) is 0 Å². The predicted molar refractivity (Wildman–Crippen MR) is 186 cm³/mol. The van der Waals surface area contributed by atoms with E-state index < -0.39 is 6.16 Å². The van der Waals surface area contributed by atoms with Crippen molar-refractivity contribution >= 4 is 53.3 Å². The maximum atomic E-state index is 11.8. The molecule has 0 radical (unpaired) electrons. The number of benzene rings is 5. The molecule has 0 aliphatic heterocycles. The lowest BCUT2D eigenvalue weighted by Crippen LogP contribution is -2.15. The van der Waals surface area contributed by atoms with Gasteiger partial charge in [-0.1, -0.05) is 90.5 Å². The van der Waals surface area contributed by atoms with Gasteiger partial charge in [-0.3, -0.25) is 4.79 Å². The quantitative estimate of drug-likeness (QED) is 0.0844. The van der Waals surface area contributed by atoms with Crippen LogP contribution in [-0.4, -0.2) is 25.7 Å². The van der Waals surface area contributed by atoms with Crippen molar-refractivity contribution in [3.8, 4) is 11.5 Å². The van der Waals surface area contributed by atoms with Gasteiger partial charge in [-0.05, 0) is 96.8 Å². The van der Waals surface area contributed by atoms with Crippen LogP contribution in [0.3, 0.4) is 0 Å². The highest BCUT2D eigenvalue weighted by Gasteiger charge is 2.12. The number of aryl methyl sites for hydroxylation is 1. The van der Waals surface area contributed by atoms with E-state index in [1.54, 1.807) is 25.3 Å². The fourth-order valence-electron chi connectivity index (χ4n) is 4.71. The smallest absolute Gasteiger partial charge is 0.497 e. The highest BCUT2D eigenvalue weighted by molar-refractivity contribution is 5.80. The topological polar surface area (TPSA) is 65.1 Å². The van der Waals surface area contributed by atoms with Crippen LogP contribution >= 0.6 is 0 Å². The van der Waals surface area contributed by atoms with Crippen LogP contribution in [-0.2, 0) is 9.53 Å². The van der Waals surface area contributed by atoms with Gasteiger partial charge in [0, 0.05) is 17.1 Å². The maximum absolute atomic E-state index is 11.8. The van der Waals surface area contributed by atoms with Crippen LogP contribution in [0.15, 0.2) is 121 Å². The first-order valence-corrected chi connectivity index (χ1v) is 14.9. The second-order valence-corrected chi connectivity index (χ2v) is 10.7. The van der Waals surface area contributed by atoms with Crippen molar-refractivity contribution in [1.29, 1.82) is 0 Å². The first-order valence-electron chi connectivity index (χ1n) is 14.9. The highest BCUT2D eigenvalue weighted by Crippen LogP contribution is 2.35. The zero-order valence-electron chi connectivity index (χ0n) is 26.1. The molecule has 0 unspecified atom stereocenters. The molecule has 6 heteroatoms. The summed E-state index contributed by atoms with van der Waals surface area (Å²) in [5.41, 5.74) is 8.37. The summed E-state index contributed by atoms with van der Waals surface area (Å²) in [6, 6.07) is 40.4. The normalized spacial score (nSPS) is 11.0. The molecule has 0 amide bonds. The second-order valence-electron chi connectivity index (χ2n) is 10.7. The number of nitrogens with zero attached hydrogens (tertiary/aromatic N) is 1.